The molecule has 2 saturated carbocycles. The minimum Gasteiger partial charge on any atom is -0.454 e. The number of hydrogen-bond donors (Lipinski definition) is 1. The third-order valence-electron chi connectivity index (χ3n) is 7.60. The Hall–Kier alpha value is -1.09. The second-order valence-electron chi connectivity index (χ2n) is 8.95. The maximum atomic E-state index is 11.9. The maximum absolute atomic E-state index is 11.9. The first-order chi connectivity index (χ1) is 10.7. The minimum atomic E-state index is -0.197. The Kier molecular flexibility index (Phi) is 3.17. The van der Waals surface area contributed by atoms with Gasteiger partial charge >= 0.3 is 5.97 Å². The van der Waals surface area contributed by atoms with E-state index in [9.17, 15) is 9.90 Å². The molecule has 126 valence electrons. The summed E-state index contributed by atoms with van der Waals surface area (Å²) >= 11 is 0. The predicted molar refractivity (Wildman–Crippen MR) is 88.6 cm³/mol. The summed E-state index contributed by atoms with van der Waals surface area (Å²) < 4.78 is 5.62. The Morgan fingerprint density at radius 3 is 2.74 bits per heavy atom. The number of rotatable bonds is 0. The zero-order valence-corrected chi connectivity index (χ0v) is 14.7. The zero-order chi connectivity index (χ0) is 16.6. The van der Waals surface area contributed by atoms with Gasteiger partial charge in [0.2, 0.25) is 0 Å². The van der Waals surface area contributed by atoms with Crippen molar-refractivity contribution in [2.75, 3.05) is 0 Å². The molecule has 3 nitrogen and oxygen atoms in total. The molecule has 1 heterocycles. The zero-order valence-electron chi connectivity index (χ0n) is 14.7. The Balaban J connectivity index is 1.74. The van der Waals surface area contributed by atoms with Crippen molar-refractivity contribution in [2.45, 2.75) is 72.0 Å². The smallest absolute Gasteiger partial charge is 0.334 e. The average molecular weight is 316 g/mol. The lowest BCUT2D eigenvalue weighted by atomic mass is 9.45. The summed E-state index contributed by atoms with van der Waals surface area (Å²) in [6.45, 7) is 8.79. The number of carbonyl (C=O) groups is 1. The van der Waals surface area contributed by atoms with E-state index in [-0.39, 0.29) is 29.0 Å². The van der Waals surface area contributed by atoms with Gasteiger partial charge in [0.05, 0.1) is 6.10 Å². The van der Waals surface area contributed by atoms with Crippen molar-refractivity contribution in [3.63, 3.8) is 0 Å². The number of aliphatic hydroxyl groups is 1. The van der Waals surface area contributed by atoms with Crippen LogP contribution in [0.4, 0.5) is 0 Å². The maximum Gasteiger partial charge on any atom is 0.334 e. The fourth-order valence-electron chi connectivity index (χ4n) is 6.13. The Bertz CT molecular complexity index is 627. The number of allylic oxidation sites excluding steroid dienone is 1. The van der Waals surface area contributed by atoms with Gasteiger partial charge in [-0.05, 0) is 61.7 Å². The first kappa shape index (κ1) is 15.4. The molecule has 0 bridgehead atoms. The van der Waals surface area contributed by atoms with Gasteiger partial charge in [0.15, 0.2) is 0 Å². The van der Waals surface area contributed by atoms with Gasteiger partial charge < -0.3 is 9.84 Å². The number of esters is 1. The molecule has 3 heteroatoms. The van der Waals surface area contributed by atoms with E-state index in [1.165, 1.54) is 5.57 Å². The van der Waals surface area contributed by atoms with Gasteiger partial charge in [-0.3, -0.25) is 0 Å². The van der Waals surface area contributed by atoms with E-state index >= 15 is 0 Å². The summed E-state index contributed by atoms with van der Waals surface area (Å²) in [6, 6.07) is 0. The van der Waals surface area contributed by atoms with Crippen LogP contribution in [0.25, 0.3) is 0 Å². The van der Waals surface area contributed by atoms with Gasteiger partial charge in [-0.25, -0.2) is 4.79 Å². The van der Waals surface area contributed by atoms with Crippen molar-refractivity contribution < 1.29 is 14.6 Å². The van der Waals surface area contributed by atoms with Crippen LogP contribution >= 0.6 is 0 Å². The second kappa shape index (κ2) is 4.72. The van der Waals surface area contributed by atoms with Crippen molar-refractivity contribution in [1.82, 2.24) is 0 Å². The molecule has 0 amide bonds. The molecule has 0 aromatic carbocycles. The minimum absolute atomic E-state index is 0.0308. The van der Waals surface area contributed by atoms with Crippen LogP contribution in [0.3, 0.4) is 0 Å². The summed E-state index contributed by atoms with van der Waals surface area (Å²) in [5.74, 6) is 0.881. The fraction of sp³-hybridized carbons (Fsp3) is 0.750. The topological polar surface area (TPSA) is 46.5 Å². The molecule has 0 saturated heterocycles. The third kappa shape index (κ3) is 1.95. The Morgan fingerprint density at radius 2 is 2.00 bits per heavy atom. The number of carbonyl (C=O) groups excluding carboxylic acids is 1. The van der Waals surface area contributed by atoms with Gasteiger partial charge in [-0.15, -0.1) is 0 Å². The molecule has 1 N–H and O–H groups in total. The van der Waals surface area contributed by atoms with E-state index in [2.05, 4.69) is 26.8 Å². The molecule has 4 aliphatic rings. The Morgan fingerprint density at radius 1 is 1.26 bits per heavy atom. The van der Waals surface area contributed by atoms with Crippen LogP contribution in [0.2, 0.25) is 0 Å². The predicted octanol–water partition coefficient (Wildman–Crippen LogP) is 3.77. The summed E-state index contributed by atoms with van der Waals surface area (Å²) in [5.41, 5.74) is 3.61. The van der Waals surface area contributed by atoms with Crippen LogP contribution in [0, 0.1) is 22.7 Å². The van der Waals surface area contributed by atoms with Gasteiger partial charge in [-0.2, -0.15) is 0 Å². The standard InChI is InChI=1S/C20H28O3/c1-11-13-9-12-5-6-16-19(2,3)17(21)7-8-20(16,4)14(12)10-15(13)23-18(11)22/h9,14-17,21H,5-8,10H2,1-4H3/t14?,15-,16-,17-,20+/m1/s1. The van der Waals surface area contributed by atoms with Gasteiger partial charge in [-0.1, -0.05) is 32.4 Å². The van der Waals surface area contributed by atoms with Crippen LogP contribution in [0.15, 0.2) is 22.8 Å². The second-order valence-corrected chi connectivity index (χ2v) is 8.95. The average Bonchev–Trinajstić information content (AvgIpc) is 2.77. The SMILES string of the molecule is CC1=C2C=C3CC[C@@H]4C(C)(C)[C@H](O)CC[C@@]4(C)C3C[C@H]2OC1=O. The van der Waals surface area contributed by atoms with E-state index in [4.69, 9.17) is 4.74 Å². The first-order valence-electron chi connectivity index (χ1n) is 9.05. The molecule has 1 aliphatic heterocycles. The molecule has 3 aliphatic carbocycles. The van der Waals surface area contributed by atoms with Crippen LogP contribution in [0.1, 0.15) is 59.8 Å². The van der Waals surface area contributed by atoms with Crippen molar-refractivity contribution in [3.05, 3.63) is 22.8 Å². The van der Waals surface area contributed by atoms with Gasteiger partial charge in [0.1, 0.15) is 6.10 Å². The van der Waals surface area contributed by atoms with Crippen molar-refractivity contribution >= 4 is 5.97 Å². The quantitative estimate of drug-likeness (QED) is 0.692. The van der Waals surface area contributed by atoms with E-state index < -0.39 is 0 Å². The molecule has 0 radical (unpaired) electrons. The molecular formula is C20H28O3. The van der Waals surface area contributed by atoms with E-state index in [1.807, 2.05) is 6.92 Å². The van der Waals surface area contributed by atoms with Crippen LogP contribution in [-0.4, -0.2) is 23.3 Å². The number of hydrogen-bond acceptors (Lipinski definition) is 3. The molecular weight excluding hydrogens is 288 g/mol. The molecule has 0 aromatic heterocycles. The van der Waals surface area contributed by atoms with Gasteiger partial charge in [0, 0.05) is 11.1 Å². The van der Waals surface area contributed by atoms with E-state index in [1.54, 1.807) is 0 Å². The van der Waals surface area contributed by atoms with Crippen molar-refractivity contribution in [1.29, 1.82) is 0 Å². The van der Waals surface area contributed by atoms with Gasteiger partial charge in [0.25, 0.3) is 0 Å². The van der Waals surface area contributed by atoms with Crippen LogP contribution < -0.4 is 0 Å². The van der Waals surface area contributed by atoms with Crippen LogP contribution in [0.5, 0.6) is 0 Å². The molecule has 4 rings (SSSR count). The lowest BCUT2D eigenvalue weighted by Gasteiger charge is -2.60. The van der Waals surface area contributed by atoms with Crippen molar-refractivity contribution in [3.8, 4) is 0 Å². The molecule has 5 atom stereocenters. The molecule has 0 aromatic rings. The van der Waals surface area contributed by atoms with E-state index in [0.717, 1.165) is 43.3 Å². The van der Waals surface area contributed by atoms with Crippen molar-refractivity contribution in [2.24, 2.45) is 22.7 Å². The number of fused-ring (bicyclic) bond motifs is 4. The summed E-state index contributed by atoms with van der Waals surface area (Å²) in [5, 5.41) is 10.5. The fourth-order valence-corrected chi connectivity index (χ4v) is 6.13. The molecule has 0 spiro atoms. The molecule has 23 heavy (non-hydrogen) atoms. The number of ether oxygens (including phenoxy) is 1. The summed E-state index contributed by atoms with van der Waals surface area (Å²) in [4.78, 5) is 11.9. The highest BCUT2D eigenvalue weighted by Crippen LogP contribution is 2.63. The monoisotopic (exact) mass is 316 g/mol. The normalized spacial score (nSPS) is 44.9. The first-order valence-corrected chi connectivity index (χ1v) is 9.05. The van der Waals surface area contributed by atoms with E-state index in [0.29, 0.717) is 11.8 Å². The molecule has 2 fully saturated rings. The third-order valence-corrected chi connectivity index (χ3v) is 7.60. The Labute approximate surface area is 138 Å². The number of aliphatic hydroxyl groups excluding tert-OH is 1. The summed E-state index contributed by atoms with van der Waals surface area (Å²) in [6.07, 6.45) is 7.17. The highest BCUT2D eigenvalue weighted by Gasteiger charge is 2.57. The highest BCUT2D eigenvalue weighted by atomic mass is 16.5. The highest BCUT2D eigenvalue weighted by molar-refractivity contribution is 5.92. The lowest BCUT2D eigenvalue weighted by Crippen LogP contribution is -2.55. The van der Waals surface area contributed by atoms with Crippen LogP contribution in [-0.2, 0) is 9.53 Å². The lowest BCUT2D eigenvalue weighted by molar-refractivity contribution is -0.145. The largest absolute Gasteiger partial charge is 0.454 e. The molecule has 1 unspecified atom stereocenters. The summed E-state index contributed by atoms with van der Waals surface area (Å²) in [7, 11) is 0.